The third-order valence-corrected chi connectivity index (χ3v) is 4.94. The molecule has 0 aliphatic heterocycles. The van der Waals surface area contributed by atoms with Gasteiger partial charge in [0.05, 0.1) is 34.7 Å². The van der Waals surface area contributed by atoms with Crippen molar-refractivity contribution in [2.24, 2.45) is 0 Å². The summed E-state index contributed by atoms with van der Waals surface area (Å²) in [5, 5.41) is 4.48. The molecule has 2 heterocycles. The van der Waals surface area contributed by atoms with Gasteiger partial charge in [0.2, 0.25) is 0 Å². The van der Waals surface area contributed by atoms with E-state index in [1.54, 1.807) is 16.2 Å². The van der Waals surface area contributed by atoms with E-state index in [2.05, 4.69) is 10.1 Å². The van der Waals surface area contributed by atoms with Crippen molar-refractivity contribution in [2.45, 2.75) is 26.8 Å². The third-order valence-electron chi connectivity index (χ3n) is 4.94. The summed E-state index contributed by atoms with van der Waals surface area (Å²) in [5.41, 5.74) is 4.24. The zero-order valence-electron chi connectivity index (χ0n) is 16.4. The van der Waals surface area contributed by atoms with Crippen LogP contribution in [0.5, 0.6) is 0 Å². The lowest BCUT2D eigenvalue weighted by molar-refractivity contribution is 0.0494. The maximum absolute atomic E-state index is 12.6. The minimum absolute atomic E-state index is 0.159. The molecular formula is C22H22N4O3. The minimum Gasteiger partial charge on any atom is -0.462 e. The highest BCUT2D eigenvalue weighted by atomic mass is 16.5. The molecule has 0 unspecified atom stereocenters. The first kappa shape index (κ1) is 18.7. The molecule has 2 aromatic heterocycles. The Bertz CT molecular complexity index is 1220. The zero-order chi connectivity index (χ0) is 20.4. The summed E-state index contributed by atoms with van der Waals surface area (Å²) in [5.74, 6) is -0.395. The van der Waals surface area contributed by atoms with E-state index < -0.39 is 5.97 Å². The third kappa shape index (κ3) is 3.59. The number of carbonyl (C=O) groups excluding carboxylic acids is 1. The number of aromatic amines is 1. The van der Waals surface area contributed by atoms with E-state index in [0.717, 1.165) is 22.4 Å². The molecule has 0 radical (unpaired) electrons. The number of imidazole rings is 1. The smallest absolute Gasteiger partial charge is 0.341 e. The fraction of sp³-hybridized carbons (Fsp3) is 0.227. The van der Waals surface area contributed by atoms with E-state index in [1.165, 1.54) is 0 Å². The lowest BCUT2D eigenvalue weighted by Gasteiger charge is -2.07. The van der Waals surface area contributed by atoms with Crippen LogP contribution in [0.4, 0.5) is 0 Å². The van der Waals surface area contributed by atoms with Crippen molar-refractivity contribution < 1.29 is 9.53 Å². The fourth-order valence-electron chi connectivity index (χ4n) is 3.55. The molecule has 0 saturated heterocycles. The second-order valence-corrected chi connectivity index (χ2v) is 6.88. The molecule has 7 heteroatoms. The number of rotatable bonds is 6. The average Bonchev–Trinajstić information content (AvgIpc) is 3.21. The van der Waals surface area contributed by atoms with Crippen molar-refractivity contribution in [3.05, 3.63) is 82.0 Å². The summed E-state index contributed by atoms with van der Waals surface area (Å²) < 4.78 is 8.88. The second-order valence-electron chi connectivity index (χ2n) is 6.88. The Balaban J connectivity index is 1.42. The number of fused-ring (bicyclic) bond motifs is 1. The molecule has 0 bridgehead atoms. The highest BCUT2D eigenvalue weighted by molar-refractivity contribution is 5.92. The summed E-state index contributed by atoms with van der Waals surface area (Å²) in [7, 11) is 0. The van der Waals surface area contributed by atoms with Crippen LogP contribution in [0.1, 0.15) is 28.2 Å². The van der Waals surface area contributed by atoms with Gasteiger partial charge in [0.15, 0.2) is 0 Å². The minimum atomic E-state index is -0.395. The molecule has 29 heavy (non-hydrogen) atoms. The Labute approximate surface area is 167 Å². The van der Waals surface area contributed by atoms with Crippen molar-refractivity contribution in [2.75, 3.05) is 6.61 Å². The maximum Gasteiger partial charge on any atom is 0.341 e. The van der Waals surface area contributed by atoms with Crippen LogP contribution in [-0.4, -0.2) is 31.9 Å². The van der Waals surface area contributed by atoms with Gasteiger partial charge in [-0.05, 0) is 44.5 Å². The molecule has 7 nitrogen and oxygen atoms in total. The Morgan fingerprint density at radius 1 is 1.07 bits per heavy atom. The number of para-hydroxylation sites is 3. The van der Waals surface area contributed by atoms with Gasteiger partial charge in [-0.1, -0.05) is 30.3 Å². The van der Waals surface area contributed by atoms with Crippen LogP contribution in [0.25, 0.3) is 16.7 Å². The first-order valence-electron chi connectivity index (χ1n) is 9.52. The summed E-state index contributed by atoms with van der Waals surface area (Å²) in [6.45, 7) is 4.35. The molecule has 0 aliphatic rings. The number of aryl methyl sites for hydroxylation is 2. The van der Waals surface area contributed by atoms with Crippen LogP contribution in [0, 0.1) is 13.8 Å². The van der Waals surface area contributed by atoms with Crippen LogP contribution in [0.15, 0.2) is 59.4 Å². The summed E-state index contributed by atoms with van der Waals surface area (Å²) in [6, 6.07) is 17.2. The Morgan fingerprint density at radius 2 is 1.79 bits per heavy atom. The van der Waals surface area contributed by atoms with E-state index in [1.807, 2.05) is 61.5 Å². The molecule has 0 fully saturated rings. The number of nitrogens with one attached hydrogen (secondary N) is 1. The fourth-order valence-corrected chi connectivity index (χ4v) is 3.55. The lowest BCUT2D eigenvalue weighted by Crippen LogP contribution is -2.18. The average molecular weight is 390 g/mol. The van der Waals surface area contributed by atoms with Gasteiger partial charge in [-0.25, -0.2) is 14.3 Å². The lowest BCUT2D eigenvalue weighted by atomic mass is 10.2. The van der Waals surface area contributed by atoms with Crippen LogP contribution in [-0.2, 0) is 11.3 Å². The first-order valence-corrected chi connectivity index (χ1v) is 9.52. The molecule has 4 rings (SSSR count). The zero-order valence-corrected chi connectivity index (χ0v) is 16.4. The van der Waals surface area contributed by atoms with Gasteiger partial charge in [-0.2, -0.15) is 5.10 Å². The molecule has 0 amide bonds. The predicted molar refractivity (Wildman–Crippen MR) is 110 cm³/mol. The maximum atomic E-state index is 12.6. The molecule has 148 valence electrons. The molecule has 2 aromatic carbocycles. The van der Waals surface area contributed by atoms with Crippen LogP contribution < -0.4 is 5.69 Å². The second kappa shape index (κ2) is 7.79. The van der Waals surface area contributed by atoms with E-state index >= 15 is 0 Å². The molecule has 1 N–H and O–H groups in total. The number of hydrogen-bond donors (Lipinski definition) is 1. The van der Waals surface area contributed by atoms with Crippen molar-refractivity contribution >= 4 is 17.0 Å². The van der Waals surface area contributed by atoms with Gasteiger partial charge in [-0.3, -0.25) is 4.57 Å². The van der Waals surface area contributed by atoms with Gasteiger partial charge >= 0.3 is 11.7 Å². The molecule has 4 aromatic rings. The molecular weight excluding hydrogens is 368 g/mol. The van der Waals surface area contributed by atoms with Crippen molar-refractivity contribution in [1.29, 1.82) is 0 Å². The van der Waals surface area contributed by atoms with Gasteiger partial charge in [0, 0.05) is 6.54 Å². The quantitative estimate of drug-likeness (QED) is 0.404. The van der Waals surface area contributed by atoms with Gasteiger partial charge < -0.3 is 9.72 Å². The largest absolute Gasteiger partial charge is 0.462 e. The highest BCUT2D eigenvalue weighted by Crippen LogP contribution is 2.19. The molecule has 0 spiro atoms. The van der Waals surface area contributed by atoms with Crippen molar-refractivity contribution in [3.63, 3.8) is 0 Å². The monoisotopic (exact) mass is 390 g/mol. The standard InChI is InChI=1S/C22H22N4O3/c1-15-20(16(2)26(24-15)17-9-4-3-5-10-17)21(27)29-14-8-13-25-19-12-7-6-11-18(19)23-22(25)28/h3-7,9-12H,8,13-14H2,1-2H3,(H,23,28). The number of benzene rings is 2. The number of esters is 1. The van der Waals surface area contributed by atoms with E-state index in [0.29, 0.717) is 24.2 Å². The van der Waals surface area contributed by atoms with Crippen molar-refractivity contribution in [3.8, 4) is 5.69 Å². The Kier molecular flexibility index (Phi) is 5.03. The summed E-state index contributed by atoms with van der Waals surface area (Å²) in [6.07, 6.45) is 0.540. The Morgan fingerprint density at radius 3 is 2.59 bits per heavy atom. The van der Waals surface area contributed by atoms with E-state index in [4.69, 9.17) is 4.74 Å². The molecule has 0 aliphatic carbocycles. The van der Waals surface area contributed by atoms with E-state index in [-0.39, 0.29) is 12.3 Å². The van der Waals surface area contributed by atoms with E-state index in [9.17, 15) is 9.59 Å². The van der Waals surface area contributed by atoms with Gasteiger partial charge in [0.25, 0.3) is 0 Å². The van der Waals surface area contributed by atoms with Crippen LogP contribution in [0.3, 0.4) is 0 Å². The normalized spacial score (nSPS) is 11.1. The topological polar surface area (TPSA) is 81.9 Å². The number of aromatic nitrogens is 4. The van der Waals surface area contributed by atoms with Crippen LogP contribution in [0.2, 0.25) is 0 Å². The molecule has 0 atom stereocenters. The number of H-pyrrole nitrogens is 1. The highest BCUT2D eigenvalue weighted by Gasteiger charge is 2.20. The SMILES string of the molecule is Cc1nn(-c2ccccc2)c(C)c1C(=O)OCCCn1c(=O)[nH]c2ccccc21. The first-order chi connectivity index (χ1) is 14.1. The number of carbonyl (C=O) groups is 1. The Hall–Kier alpha value is -3.61. The molecule has 0 saturated carbocycles. The van der Waals surface area contributed by atoms with Gasteiger partial charge in [-0.15, -0.1) is 0 Å². The predicted octanol–water partition coefficient (Wildman–Crippen LogP) is 3.38. The summed E-state index contributed by atoms with van der Waals surface area (Å²) in [4.78, 5) is 27.5. The number of ether oxygens (including phenoxy) is 1. The summed E-state index contributed by atoms with van der Waals surface area (Å²) >= 11 is 0. The van der Waals surface area contributed by atoms with Gasteiger partial charge in [0.1, 0.15) is 5.56 Å². The number of hydrogen-bond acceptors (Lipinski definition) is 4. The number of nitrogens with zero attached hydrogens (tertiary/aromatic N) is 3. The van der Waals surface area contributed by atoms with Crippen molar-refractivity contribution in [1.82, 2.24) is 19.3 Å². The van der Waals surface area contributed by atoms with Crippen LogP contribution >= 0.6 is 0 Å².